The van der Waals surface area contributed by atoms with Crippen molar-refractivity contribution in [3.63, 3.8) is 0 Å². The highest BCUT2D eigenvalue weighted by atomic mass is 16.4. The Hall–Kier alpha value is -2.43. The van der Waals surface area contributed by atoms with Gasteiger partial charge in [-0.1, -0.05) is 12.1 Å². The Morgan fingerprint density at radius 2 is 2.00 bits per heavy atom. The van der Waals surface area contributed by atoms with Gasteiger partial charge in [0, 0.05) is 19.8 Å². The van der Waals surface area contributed by atoms with Crippen LogP contribution in [-0.2, 0) is 6.54 Å². The lowest BCUT2D eigenvalue weighted by molar-refractivity contribution is 0.0697. The van der Waals surface area contributed by atoms with Crippen LogP contribution in [0.15, 0.2) is 42.6 Å². The van der Waals surface area contributed by atoms with E-state index in [-0.39, 0.29) is 0 Å². The molecule has 1 aromatic carbocycles. The summed E-state index contributed by atoms with van der Waals surface area (Å²) >= 11 is 0. The molecular formula is C13H13N3O2. The zero-order chi connectivity index (χ0) is 13.0. The third-order valence-electron chi connectivity index (χ3n) is 2.57. The maximum atomic E-state index is 10.7. The fourth-order valence-electron chi connectivity index (χ4n) is 1.60. The van der Waals surface area contributed by atoms with Crippen molar-refractivity contribution in [2.45, 2.75) is 6.54 Å². The van der Waals surface area contributed by atoms with Crippen LogP contribution in [0.4, 0.5) is 5.82 Å². The van der Waals surface area contributed by atoms with Gasteiger partial charge in [-0.2, -0.15) is 5.10 Å². The number of rotatable bonds is 4. The van der Waals surface area contributed by atoms with E-state index in [0.717, 1.165) is 11.4 Å². The smallest absolute Gasteiger partial charge is 0.335 e. The molecule has 0 fully saturated rings. The zero-order valence-electron chi connectivity index (χ0n) is 9.95. The SMILES string of the molecule is CN(Cc1ccc(C(=O)O)cc1)c1cccnn1. The predicted octanol–water partition coefficient (Wildman–Crippen LogP) is 1.81. The third-order valence-corrected chi connectivity index (χ3v) is 2.57. The van der Waals surface area contributed by atoms with E-state index in [9.17, 15) is 4.79 Å². The second-order valence-corrected chi connectivity index (χ2v) is 3.94. The first-order valence-corrected chi connectivity index (χ1v) is 5.48. The molecule has 0 aliphatic carbocycles. The van der Waals surface area contributed by atoms with Crippen LogP contribution in [0.3, 0.4) is 0 Å². The number of nitrogens with zero attached hydrogens (tertiary/aromatic N) is 3. The molecule has 0 atom stereocenters. The highest BCUT2D eigenvalue weighted by Gasteiger charge is 2.05. The predicted molar refractivity (Wildman–Crippen MR) is 67.5 cm³/mol. The van der Waals surface area contributed by atoms with Gasteiger partial charge >= 0.3 is 5.97 Å². The fourth-order valence-corrected chi connectivity index (χ4v) is 1.60. The molecule has 0 aliphatic heterocycles. The van der Waals surface area contributed by atoms with Gasteiger partial charge in [-0.25, -0.2) is 4.79 Å². The van der Waals surface area contributed by atoms with Gasteiger partial charge in [0.05, 0.1) is 5.56 Å². The minimum atomic E-state index is -0.913. The Kier molecular flexibility index (Phi) is 3.52. The maximum absolute atomic E-state index is 10.7. The Balaban J connectivity index is 2.08. The lowest BCUT2D eigenvalue weighted by Crippen LogP contribution is -2.17. The fraction of sp³-hybridized carbons (Fsp3) is 0.154. The Labute approximate surface area is 105 Å². The molecule has 0 bridgehead atoms. The maximum Gasteiger partial charge on any atom is 0.335 e. The number of aromatic carboxylic acids is 1. The van der Waals surface area contributed by atoms with Crippen LogP contribution in [0, 0.1) is 0 Å². The van der Waals surface area contributed by atoms with Crippen molar-refractivity contribution in [2.75, 3.05) is 11.9 Å². The number of hydrogen-bond acceptors (Lipinski definition) is 4. The summed E-state index contributed by atoms with van der Waals surface area (Å²) in [6, 6.07) is 10.5. The Morgan fingerprint density at radius 3 is 2.56 bits per heavy atom. The van der Waals surface area contributed by atoms with Crippen LogP contribution >= 0.6 is 0 Å². The number of aromatic nitrogens is 2. The van der Waals surface area contributed by atoms with Gasteiger partial charge in [-0.05, 0) is 29.8 Å². The number of carboxylic acids is 1. The molecule has 1 aromatic heterocycles. The van der Waals surface area contributed by atoms with Crippen molar-refractivity contribution in [2.24, 2.45) is 0 Å². The second kappa shape index (κ2) is 5.27. The number of anilines is 1. The lowest BCUT2D eigenvalue weighted by Gasteiger charge is -2.17. The molecule has 1 N–H and O–H groups in total. The van der Waals surface area contributed by atoms with Crippen LogP contribution in [0.1, 0.15) is 15.9 Å². The minimum Gasteiger partial charge on any atom is -0.478 e. The quantitative estimate of drug-likeness (QED) is 0.887. The first kappa shape index (κ1) is 12.0. The normalized spacial score (nSPS) is 10.1. The van der Waals surface area contributed by atoms with Gasteiger partial charge in [0.1, 0.15) is 0 Å². The van der Waals surface area contributed by atoms with Gasteiger partial charge in [0.25, 0.3) is 0 Å². The largest absolute Gasteiger partial charge is 0.478 e. The molecule has 0 unspecified atom stereocenters. The van der Waals surface area contributed by atoms with Gasteiger partial charge in [-0.15, -0.1) is 5.10 Å². The minimum absolute atomic E-state index is 0.293. The van der Waals surface area contributed by atoms with Crippen molar-refractivity contribution >= 4 is 11.8 Å². The van der Waals surface area contributed by atoms with Gasteiger partial charge in [-0.3, -0.25) is 0 Å². The number of hydrogen-bond donors (Lipinski definition) is 1. The van der Waals surface area contributed by atoms with Crippen molar-refractivity contribution in [3.05, 3.63) is 53.7 Å². The van der Waals surface area contributed by atoms with Crippen LogP contribution in [0.2, 0.25) is 0 Å². The van der Waals surface area contributed by atoms with E-state index in [1.807, 2.05) is 24.1 Å². The molecule has 1 heterocycles. The topological polar surface area (TPSA) is 66.3 Å². The monoisotopic (exact) mass is 243 g/mol. The van der Waals surface area contributed by atoms with E-state index in [4.69, 9.17) is 5.11 Å². The summed E-state index contributed by atoms with van der Waals surface area (Å²) in [4.78, 5) is 12.7. The number of carboxylic acid groups (broad SMARTS) is 1. The summed E-state index contributed by atoms with van der Waals surface area (Å²) in [5.74, 6) is -0.136. The summed E-state index contributed by atoms with van der Waals surface area (Å²) in [5.41, 5.74) is 1.31. The molecule has 2 aromatic rings. The van der Waals surface area contributed by atoms with Gasteiger partial charge in [0.2, 0.25) is 0 Å². The Morgan fingerprint density at radius 1 is 1.28 bits per heavy atom. The van der Waals surface area contributed by atoms with E-state index in [1.165, 1.54) is 0 Å². The van der Waals surface area contributed by atoms with Crippen LogP contribution in [0.5, 0.6) is 0 Å². The molecule has 0 radical (unpaired) electrons. The van der Waals surface area contributed by atoms with Crippen LogP contribution in [-0.4, -0.2) is 28.3 Å². The molecule has 0 spiro atoms. The second-order valence-electron chi connectivity index (χ2n) is 3.94. The van der Waals surface area contributed by atoms with E-state index < -0.39 is 5.97 Å². The molecule has 0 aliphatic rings. The lowest BCUT2D eigenvalue weighted by atomic mass is 10.1. The highest BCUT2D eigenvalue weighted by Crippen LogP contribution is 2.11. The molecule has 0 saturated carbocycles. The first-order chi connectivity index (χ1) is 8.66. The summed E-state index contributed by atoms with van der Waals surface area (Å²) in [6.07, 6.45) is 1.62. The summed E-state index contributed by atoms with van der Waals surface area (Å²) < 4.78 is 0. The Bertz CT molecular complexity index is 526. The first-order valence-electron chi connectivity index (χ1n) is 5.48. The molecule has 2 rings (SSSR count). The number of carbonyl (C=O) groups is 1. The van der Waals surface area contributed by atoms with Crippen LogP contribution in [0.25, 0.3) is 0 Å². The number of benzene rings is 1. The molecule has 92 valence electrons. The van der Waals surface area contributed by atoms with E-state index in [1.54, 1.807) is 30.5 Å². The average molecular weight is 243 g/mol. The summed E-state index contributed by atoms with van der Waals surface area (Å²) in [5, 5.41) is 16.6. The van der Waals surface area contributed by atoms with Crippen molar-refractivity contribution in [1.82, 2.24) is 10.2 Å². The van der Waals surface area contributed by atoms with Gasteiger partial charge in [0.15, 0.2) is 5.82 Å². The van der Waals surface area contributed by atoms with Gasteiger partial charge < -0.3 is 10.0 Å². The van der Waals surface area contributed by atoms with E-state index in [2.05, 4.69) is 10.2 Å². The average Bonchev–Trinajstić information content (AvgIpc) is 2.40. The molecule has 18 heavy (non-hydrogen) atoms. The van der Waals surface area contributed by atoms with Crippen molar-refractivity contribution in [1.29, 1.82) is 0 Å². The molecule has 0 saturated heterocycles. The third kappa shape index (κ3) is 2.82. The van der Waals surface area contributed by atoms with Crippen LogP contribution < -0.4 is 4.90 Å². The van der Waals surface area contributed by atoms with Crippen molar-refractivity contribution < 1.29 is 9.90 Å². The standard InChI is InChI=1S/C13H13N3O2/c1-16(12-3-2-8-14-15-12)9-10-4-6-11(7-5-10)13(17)18/h2-8H,9H2,1H3,(H,17,18). The molecule has 5 heteroatoms. The van der Waals surface area contributed by atoms with E-state index >= 15 is 0 Å². The molecule has 5 nitrogen and oxygen atoms in total. The van der Waals surface area contributed by atoms with E-state index in [0.29, 0.717) is 12.1 Å². The van der Waals surface area contributed by atoms with Crippen molar-refractivity contribution in [3.8, 4) is 0 Å². The molecular weight excluding hydrogens is 230 g/mol. The summed E-state index contributed by atoms with van der Waals surface area (Å²) in [6.45, 7) is 0.651. The highest BCUT2D eigenvalue weighted by molar-refractivity contribution is 5.87. The summed E-state index contributed by atoms with van der Waals surface area (Å²) in [7, 11) is 1.91. The molecule has 0 amide bonds. The zero-order valence-corrected chi connectivity index (χ0v) is 9.95.